The number of ether oxygens (including phenoxy) is 2. The highest BCUT2D eigenvalue weighted by molar-refractivity contribution is 8.09. The predicted octanol–water partition coefficient (Wildman–Crippen LogP) is -0.406. The van der Waals surface area contributed by atoms with E-state index >= 15 is 0 Å². The van der Waals surface area contributed by atoms with Crippen molar-refractivity contribution in [1.82, 2.24) is 0 Å². The van der Waals surface area contributed by atoms with Crippen LogP contribution in [0, 0.1) is 0 Å². The normalized spacial score (nSPS) is 38.5. The lowest BCUT2D eigenvalue weighted by atomic mass is 9.93. The maximum atomic E-state index is 9.74. The van der Waals surface area contributed by atoms with E-state index in [2.05, 4.69) is 0 Å². The van der Waals surface area contributed by atoms with Crippen molar-refractivity contribution in [1.29, 1.82) is 0 Å². The summed E-state index contributed by atoms with van der Waals surface area (Å²) in [6.07, 6.45) is -1.90. The Morgan fingerprint density at radius 3 is 2.69 bits per heavy atom. The Labute approximate surface area is 102 Å². The average Bonchev–Trinajstić information content (AvgIpc) is 2.47. The Kier molecular flexibility index (Phi) is 5.39. The maximum absolute atomic E-state index is 9.74. The van der Waals surface area contributed by atoms with Gasteiger partial charge in [-0.15, -0.1) is 0 Å². The largest absolute Gasteiger partial charge is 0.388 e. The molecule has 5 nitrogen and oxygen atoms in total. The van der Waals surface area contributed by atoms with E-state index in [1.54, 1.807) is 6.92 Å². The minimum atomic E-state index is -2.87. The maximum Gasteiger partial charge on any atom is 0.186 e. The summed E-state index contributed by atoms with van der Waals surface area (Å²) in [6.45, 7) is -0.904. The quantitative estimate of drug-likeness (QED) is 0.521. The van der Waals surface area contributed by atoms with Crippen LogP contribution in [0.25, 0.3) is 0 Å². The van der Waals surface area contributed by atoms with E-state index in [4.69, 9.17) is 33.7 Å². The Bertz CT molecular complexity index is 279. The second-order valence-corrected chi connectivity index (χ2v) is 7.44. The molecule has 1 fully saturated rings. The molecule has 1 saturated heterocycles. The molecule has 2 N–H and O–H groups in total. The summed E-state index contributed by atoms with van der Waals surface area (Å²) in [7, 11) is 7.04. The number of hydrogen-bond donors (Lipinski definition) is 2. The van der Waals surface area contributed by atoms with Crippen LogP contribution in [0.5, 0.6) is 0 Å². The van der Waals surface area contributed by atoms with Gasteiger partial charge in [-0.1, -0.05) is 6.92 Å². The van der Waals surface area contributed by atoms with Gasteiger partial charge in [-0.05, 0) is 11.8 Å². The molecule has 8 heteroatoms. The molecule has 0 amide bonds. The van der Waals surface area contributed by atoms with Crippen molar-refractivity contribution in [2.24, 2.45) is 0 Å². The number of hydrogen-bond acceptors (Lipinski definition) is 5. The zero-order valence-corrected chi connectivity index (χ0v) is 11.0. The summed E-state index contributed by atoms with van der Waals surface area (Å²) in [5.74, 6) is 0. The first kappa shape index (κ1) is 14.6. The smallest absolute Gasteiger partial charge is 0.186 e. The highest BCUT2D eigenvalue weighted by Crippen LogP contribution is 2.45. The van der Waals surface area contributed by atoms with Crippen molar-refractivity contribution in [2.75, 3.05) is 19.9 Å². The molecule has 1 aliphatic rings. The van der Waals surface area contributed by atoms with Gasteiger partial charge in [-0.2, -0.15) is 0 Å². The highest BCUT2D eigenvalue weighted by atomic mass is 32.5. The predicted molar refractivity (Wildman–Crippen MR) is 64.2 cm³/mol. The van der Waals surface area contributed by atoms with E-state index in [0.29, 0.717) is 6.16 Å². The van der Waals surface area contributed by atoms with E-state index in [1.807, 2.05) is 0 Å². The van der Waals surface area contributed by atoms with E-state index in [1.165, 1.54) is 7.11 Å². The molecule has 5 atom stereocenters. The van der Waals surface area contributed by atoms with E-state index in [0.717, 1.165) is 0 Å². The molecule has 0 aliphatic carbocycles. The number of aliphatic hydroxyl groups is 1. The highest BCUT2D eigenvalue weighted by Gasteiger charge is 2.43. The third kappa shape index (κ3) is 3.50. The van der Waals surface area contributed by atoms with Crippen molar-refractivity contribution in [3.05, 3.63) is 0 Å². The van der Waals surface area contributed by atoms with Crippen LogP contribution >= 0.6 is 6.49 Å². The molecular weight excluding hydrogens is 250 g/mol. The van der Waals surface area contributed by atoms with E-state index < -0.39 is 30.8 Å². The van der Waals surface area contributed by atoms with Crippen molar-refractivity contribution in [3.63, 3.8) is 0 Å². The summed E-state index contributed by atoms with van der Waals surface area (Å²) < 4.78 is 15.5. The van der Waals surface area contributed by atoms with E-state index in [-0.39, 0.29) is 6.61 Å². The lowest BCUT2D eigenvalue weighted by Gasteiger charge is -2.25. The molecule has 1 rings (SSSR count). The van der Waals surface area contributed by atoms with Gasteiger partial charge in [0.05, 0.1) is 6.61 Å². The van der Waals surface area contributed by atoms with Crippen LogP contribution < -0.4 is 0 Å². The molecular formula is C8H16BO5PS. The lowest BCUT2D eigenvalue weighted by Crippen LogP contribution is -2.36. The minimum absolute atomic E-state index is 0.231. The summed E-state index contributed by atoms with van der Waals surface area (Å²) in [5, 5.41) is 9.74. The molecule has 0 aromatic carbocycles. The van der Waals surface area contributed by atoms with Gasteiger partial charge >= 0.3 is 0 Å². The van der Waals surface area contributed by atoms with Gasteiger partial charge in [0.25, 0.3) is 0 Å². The Morgan fingerprint density at radius 1 is 1.56 bits per heavy atom. The summed E-state index contributed by atoms with van der Waals surface area (Å²) in [6, 6.07) is -0.836. The topological polar surface area (TPSA) is 68.2 Å². The monoisotopic (exact) mass is 266 g/mol. The summed E-state index contributed by atoms with van der Waals surface area (Å²) >= 11 is 4.91. The SMILES string of the molecule is [B][C@@H]1O[C@H](COC)[C@H](OP(O)(=S)CC)C1O. The number of methoxy groups -OCH3 is 1. The first-order chi connectivity index (χ1) is 7.41. The standard InChI is InChI=1S/C8H16BO5PS/c1-3-15(11,16)14-7-5(4-12-2)13-8(9)6(7)10/h5-8,10H,3-4H2,1-2H3,(H,11,16)/t5-,6?,7+,8-,15?/m1/s1. The zero-order valence-electron chi connectivity index (χ0n) is 9.28. The van der Waals surface area contributed by atoms with Crippen LogP contribution in [0.1, 0.15) is 6.92 Å². The first-order valence-electron chi connectivity index (χ1n) is 4.99. The summed E-state index contributed by atoms with van der Waals surface area (Å²) in [4.78, 5) is 9.73. The average molecular weight is 266 g/mol. The summed E-state index contributed by atoms with van der Waals surface area (Å²) in [5.41, 5.74) is 0. The molecule has 1 aliphatic heterocycles. The van der Waals surface area contributed by atoms with Gasteiger partial charge in [0.2, 0.25) is 0 Å². The zero-order chi connectivity index (χ0) is 12.3. The molecule has 0 spiro atoms. The Balaban J connectivity index is 2.70. The van der Waals surface area contributed by atoms with Gasteiger partial charge in [0.1, 0.15) is 26.2 Å². The second kappa shape index (κ2) is 5.91. The van der Waals surface area contributed by atoms with Crippen LogP contribution in [-0.4, -0.2) is 62.0 Å². The van der Waals surface area contributed by atoms with Gasteiger partial charge < -0.3 is 24.0 Å². The van der Waals surface area contributed by atoms with Gasteiger partial charge in [-0.3, -0.25) is 0 Å². The Morgan fingerprint density at radius 2 is 2.19 bits per heavy atom. The molecule has 0 aromatic heterocycles. The lowest BCUT2D eigenvalue weighted by molar-refractivity contribution is -0.0116. The molecule has 1 heterocycles. The molecule has 2 radical (unpaired) electrons. The molecule has 0 aromatic rings. The third-order valence-corrected chi connectivity index (χ3v) is 4.79. The minimum Gasteiger partial charge on any atom is -0.388 e. The van der Waals surface area contributed by atoms with E-state index in [9.17, 15) is 10.00 Å². The fraction of sp³-hybridized carbons (Fsp3) is 1.00. The van der Waals surface area contributed by atoms with Crippen molar-refractivity contribution in [3.8, 4) is 0 Å². The molecule has 92 valence electrons. The molecule has 0 bridgehead atoms. The van der Waals surface area contributed by atoms with Crippen molar-refractivity contribution >= 4 is 26.1 Å². The van der Waals surface area contributed by atoms with Crippen molar-refractivity contribution in [2.45, 2.75) is 31.2 Å². The fourth-order valence-electron chi connectivity index (χ4n) is 1.46. The fourth-order valence-corrected chi connectivity index (χ4v) is 2.55. The van der Waals surface area contributed by atoms with Gasteiger partial charge in [0.15, 0.2) is 6.49 Å². The molecule has 0 saturated carbocycles. The van der Waals surface area contributed by atoms with Crippen LogP contribution in [0.4, 0.5) is 0 Å². The van der Waals surface area contributed by atoms with Crippen LogP contribution in [0.2, 0.25) is 0 Å². The second-order valence-electron chi connectivity index (χ2n) is 3.61. The number of aliphatic hydroxyl groups excluding tert-OH is 1. The number of rotatable bonds is 5. The molecule has 2 unspecified atom stereocenters. The Hall–Kier alpha value is 0.515. The third-order valence-electron chi connectivity index (χ3n) is 2.39. The van der Waals surface area contributed by atoms with Crippen molar-refractivity contribution < 1.29 is 24.0 Å². The van der Waals surface area contributed by atoms with Crippen LogP contribution in [0.3, 0.4) is 0 Å². The van der Waals surface area contributed by atoms with Gasteiger partial charge in [0, 0.05) is 19.3 Å². The van der Waals surface area contributed by atoms with Crippen LogP contribution in [0.15, 0.2) is 0 Å². The van der Waals surface area contributed by atoms with Crippen LogP contribution in [-0.2, 0) is 25.8 Å². The van der Waals surface area contributed by atoms with Gasteiger partial charge in [-0.25, -0.2) is 0 Å². The molecule has 16 heavy (non-hydrogen) atoms. The first-order valence-corrected chi connectivity index (χ1v) is 7.85.